The summed E-state index contributed by atoms with van der Waals surface area (Å²) in [5, 5.41) is 11.2. The van der Waals surface area contributed by atoms with Gasteiger partial charge in [0.1, 0.15) is 0 Å². The van der Waals surface area contributed by atoms with E-state index in [1.807, 2.05) is 17.5 Å². The fourth-order valence-electron chi connectivity index (χ4n) is 3.65. The first-order valence-corrected chi connectivity index (χ1v) is 11.9. The number of hydrogen-bond acceptors (Lipinski definition) is 4. The van der Waals surface area contributed by atoms with E-state index >= 15 is 0 Å². The zero-order valence-electron chi connectivity index (χ0n) is 17.7. The molecule has 0 bridgehead atoms. The Morgan fingerprint density at radius 1 is 1.07 bits per heavy atom. The molecule has 1 heterocycles. The van der Waals surface area contributed by atoms with Crippen molar-refractivity contribution in [2.45, 2.75) is 77.2 Å². The van der Waals surface area contributed by atoms with E-state index in [0.717, 1.165) is 30.6 Å². The number of aromatic nitrogens is 1. The summed E-state index contributed by atoms with van der Waals surface area (Å²) in [6.45, 7) is 2.18. The zero-order valence-corrected chi connectivity index (χ0v) is 18.5. The second-order valence-electron chi connectivity index (χ2n) is 7.93. The Morgan fingerprint density at radius 3 is 2.57 bits per heavy atom. The van der Waals surface area contributed by atoms with Gasteiger partial charge in [-0.05, 0) is 49.8 Å². The minimum Gasteiger partial charge on any atom is -0.335 e. The summed E-state index contributed by atoms with van der Waals surface area (Å²) in [7, 11) is 0. The summed E-state index contributed by atoms with van der Waals surface area (Å²) >= 11 is 1.39. The van der Waals surface area contributed by atoms with Crippen LogP contribution in [0.25, 0.3) is 0 Å². The number of rotatable bonds is 9. The smallest absolute Gasteiger partial charge is 0.321 e. The van der Waals surface area contributed by atoms with Gasteiger partial charge in [0.2, 0.25) is 5.91 Å². The van der Waals surface area contributed by atoms with Crippen LogP contribution in [0.3, 0.4) is 0 Å². The van der Waals surface area contributed by atoms with E-state index in [2.05, 4.69) is 40.0 Å². The molecule has 1 fully saturated rings. The minimum atomic E-state index is -0.192. The van der Waals surface area contributed by atoms with E-state index in [1.165, 1.54) is 49.0 Å². The number of anilines is 2. The summed E-state index contributed by atoms with van der Waals surface area (Å²) in [4.78, 5) is 28.8. The van der Waals surface area contributed by atoms with Gasteiger partial charge < -0.3 is 10.6 Å². The van der Waals surface area contributed by atoms with Crippen molar-refractivity contribution in [3.8, 4) is 0 Å². The van der Waals surface area contributed by atoms with Crippen LogP contribution in [0.1, 0.15) is 69.5 Å². The maximum Gasteiger partial charge on any atom is 0.321 e. The van der Waals surface area contributed by atoms with E-state index in [-0.39, 0.29) is 18.0 Å². The molecule has 3 N–H and O–H groups in total. The summed E-state index contributed by atoms with van der Waals surface area (Å²) in [6, 6.07) is 8.13. The van der Waals surface area contributed by atoms with Crippen LogP contribution in [0.15, 0.2) is 29.6 Å². The summed E-state index contributed by atoms with van der Waals surface area (Å²) in [5.41, 5.74) is 2.93. The lowest BCUT2D eigenvalue weighted by molar-refractivity contribution is -0.116. The number of urea groups is 1. The third-order valence-electron chi connectivity index (χ3n) is 5.38. The highest BCUT2D eigenvalue weighted by Gasteiger charge is 2.16. The molecule has 6 nitrogen and oxygen atoms in total. The van der Waals surface area contributed by atoms with Gasteiger partial charge in [-0.25, -0.2) is 9.78 Å². The van der Waals surface area contributed by atoms with Crippen LogP contribution in [-0.2, 0) is 17.6 Å². The Morgan fingerprint density at radius 2 is 1.83 bits per heavy atom. The molecule has 0 aliphatic heterocycles. The molecule has 0 spiro atoms. The van der Waals surface area contributed by atoms with E-state index in [1.54, 1.807) is 0 Å². The average molecular weight is 429 g/mol. The normalized spacial score (nSPS) is 14.3. The molecule has 1 aromatic heterocycles. The van der Waals surface area contributed by atoms with Gasteiger partial charge in [0.25, 0.3) is 0 Å². The van der Waals surface area contributed by atoms with Crippen molar-refractivity contribution in [1.29, 1.82) is 0 Å². The van der Waals surface area contributed by atoms with Crippen LogP contribution < -0.4 is 16.0 Å². The monoisotopic (exact) mass is 428 g/mol. The van der Waals surface area contributed by atoms with Crippen molar-refractivity contribution >= 4 is 34.1 Å². The third-order valence-corrected chi connectivity index (χ3v) is 6.18. The van der Waals surface area contributed by atoms with Crippen LogP contribution in [0.5, 0.6) is 0 Å². The van der Waals surface area contributed by atoms with Crippen molar-refractivity contribution in [3.63, 3.8) is 0 Å². The molecule has 1 aliphatic rings. The van der Waals surface area contributed by atoms with Gasteiger partial charge in [0.05, 0.1) is 5.69 Å². The Kier molecular flexibility index (Phi) is 8.68. The van der Waals surface area contributed by atoms with Crippen LogP contribution in [0.4, 0.5) is 15.6 Å². The van der Waals surface area contributed by atoms with Crippen molar-refractivity contribution in [2.24, 2.45) is 0 Å². The standard InChI is InChI=1S/C23H32N4O2S/c1-2-3-7-17-10-12-19(13-11-17)24-21(28)15-14-20-16-30-23(26-20)27-22(29)25-18-8-5-4-6-9-18/h10-13,16,18H,2-9,14-15H2,1H3,(H,24,28)(H2,25,26,27,29). The van der Waals surface area contributed by atoms with Gasteiger partial charge in [0, 0.05) is 23.5 Å². The molecule has 3 amide bonds. The van der Waals surface area contributed by atoms with E-state index in [4.69, 9.17) is 0 Å². The molecule has 0 unspecified atom stereocenters. The number of carbonyl (C=O) groups excluding carboxylic acids is 2. The zero-order chi connectivity index (χ0) is 21.2. The number of amides is 3. The van der Waals surface area contributed by atoms with Gasteiger partial charge >= 0.3 is 6.03 Å². The highest BCUT2D eigenvalue weighted by molar-refractivity contribution is 7.13. The number of nitrogens with zero attached hydrogens (tertiary/aromatic N) is 1. The molecule has 2 aromatic rings. The van der Waals surface area contributed by atoms with Crippen molar-refractivity contribution < 1.29 is 9.59 Å². The molecule has 162 valence electrons. The number of carbonyl (C=O) groups is 2. The van der Waals surface area contributed by atoms with Gasteiger partial charge in [-0.3, -0.25) is 10.1 Å². The molecule has 1 aromatic carbocycles. The molecule has 3 rings (SSSR count). The number of aryl methyl sites for hydroxylation is 2. The molecular formula is C23H32N4O2S. The van der Waals surface area contributed by atoms with E-state index in [0.29, 0.717) is 18.0 Å². The Balaban J connectivity index is 1.39. The largest absolute Gasteiger partial charge is 0.335 e. The van der Waals surface area contributed by atoms with Crippen LogP contribution >= 0.6 is 11.3 Å². The Hall–Kier alpha value is -2.41. The molecule has 1 aliphatic carbocycles. The number of hydrogen-bond donors (Lipinski definition) is 3. The summed E-state index contributed by atoms with van der Waals surface area (Å²) in [5.74, 6) is -0.0335. The van der Waals surface area contributed by atoms with Gasteiger partial charge in [-0.2, -0.15) is 0 Å². The first-order chi connectivity index (χ1) is 14.6. The third kappa shape index (κ3) is 7.44. The average Bonchev–Trinajstić information content (AvgIpc) is 3.19. The fourth-order valence-corrected chi connectivity index (χ4v) is 4.39. The van der Waals surface area contributed by atoms with Gasteiger partial charge in [-0.1, -0.05) is 44.7 Å². The van der Waals surface area contributed by atoms with E-state index in [9.17, 15) is 9.59 Å². The first-order valence-electron chi connectivity index (χ1n) is 11.0. The minimum absolute atomic E-state index is 0.0335. The lowest BCUT2D eigenvalue weighted by Gasteiger charge is -2.22. The number of benzene rings is 1. The number of thiazole rings is 1. The SMILES string of the molecule is CCCCc1ccc(NC(=O)CCc2csc(NC(=O)NC3CCCCC3)n2)cc1. The molecule has 30 heavy (non-hydrogen) atoms. The maximum absolute atomic E-state index is 12.2. The lowest BCUT2D eigenvalue weighted by Crippen LogP contribution is -2.38. The lowest BCUT2D eigenvalue weighted by atomic mass is 9.96. The predicted molar refractivity (Wildman–Crippen MR) is 123 cm³/mol. The van der Waals surface area contributed by atoms with Crippen molar-refractivity contribution in [2.75, 3.05) is 10.6 Å². The Labute approximate surface area is 182 Å². The second-order valence-corrected chi connectivity index (χ2v) is 8.78. The topological polar surface area (TPSA) is 83.1 Å². The molecule has 0 radical (unpaired) electrons. The summed E-state index contributed by atoms with van der Waals surface area (Å²) < 4.78 is 0. The maximum atomic E-state index is 12.2. The molecule has 1 saturated carbocycles. The van der Waals surface area contributed by atoms with Crippen LogP contribution in [0, 0.1) is 0 Å². The van der Waals surface area contributed by atoms with Crippen molar-refractivity contribution in [3.05, 3.63) is 40.9 Å². The first kappa shape index (κ1) is 22.3. The van der Waals surface area contributed by atoms with Crippen molar-refractivity contribution in [1.82, 2.24) is 10.3 Å². The highest BCUT2D eigenvalue weighted by atomic mass is 32.1. The second kappa shape index (κ2) is 11.7. The van der Waals surface area contributed by atoms with E-state index < -0.39 is 0 Å². The molecular weight excluding hydrogens is 396 g/mol. The quantitative estimate of drug-likeness (QED) is 0.492. The predicted octanol–water partition coefficient (Wildman–Crippen LogP) is 5.51. The van der Waals surface area contributed by atoms with Gasteiger partial charge in [0.15, 0.2) is 5.13 Å². The molecule has 7 heteroatoms. The van der Waals surface area contributed by atoms with Crippen LogP contribution in [-0.4, -0.2) is 23.0 Å². The molecule has 0 atom stereocenters. The highest BCUT2D eigenvalue weighted by Crippen LogP contribution is 2.19. The van der Waals surface area contributed by atoms with Gasteiger partial charge in [-0.15, -0.1) is 11.3 Å². The van der Waals surface area contributed by atoms with Crippen LogP contribution in [0.2, 0.25) is 0 Å². The number of unbranched alkanes of at least 4 members (excludes halogenated alkanes) is 1. The fraction of sp³-hybridized carbons (Fsp3) is 0.522. The Bertz CT molecular complexity index is 813. The number of nitrogens with one attached hydrogen (secondary N) is 3. The summed E-state index contributed by atoms with van der Waals surface area (Å²) in [6.07, 6.45) is 10.0. The molecule has 0 saturated heterocycles.